The number of rotatable bonds is 2. The number of phenolic OH excluding ortho intramolecular Hbond substituents is 1. The summed E-state index contributed by atoms with van der Waals surface area (Å²) in [5, 5.41) is 9.50. The van der Waals surface area contributed by atoms with E-state index in [1.807, 2.05) is 0 Å². The van der Waals surface area contributed by atoms with Crippen molar-refractivity contribution >= 4 is 21.4 Å². The Hall–Kier alpha value is -1.59. The van der Waals surface area contributed by atoms with Gasteiger partial charge in [0.05, 0.1) is 9.92 Å². The maximum atomic E-state index is 13.1. The van der Waals surface area contributed by atoms with Gasteiger partial charge in [-0.15, -0.1) is 0 Å². The smallest absolute Gasteiger partial charge is 0.175 e. The van der Waals surface area contributed by atoms with Gasteiger partial charge in [0.25, 0.3) is 0 Å². The molecule has 2 aromatic carbocycles. The van der Waals surface area contributed by atoms with Crippen LogP contribution < -0.4 is 0 Å². The van der Waals surface area contributed by atoms with E-state index in [4.69, 9.17) is 11.6 Å². The summed E-state index contributed by atoms with van der Waals surface area (Å²) >= 11 is 5.68. The van der Waals surface area contributed by atoms with Gasteiger partial charge in [0.15, 0.2) is 9.84 Å². The molecular weight excluding hydrogens is 291 g/mol. The van der Waals surface area contributed by atoms with E-state index in [-0.39, 0.29) is 15.7 Å². The lowest BCUT2D eigenvalue weighted by molar-refractivity contribution is 0.473. The Morgan fingerprint density at radius 1 is 1.11 bits per heavy atom. The Morgan fingerprint density at radius 2 is 1.79 bits per heavy atom. The Balaban J connectivity index is 2.62. The monoisotopic (exact) mass is 300 g/mol. The molecular formula is C13H10ClFO3S. The lowest BCUT2D eigenvalue weighted by Gasteiger charge is -2.07. The van der Waals surface area contributed by atoms with Crippen LogP contribution in [0, 0.1) is 5.82 Å². The molecule has 0 aliphatic rings. The molecule has 1 N–H and O–H groups in total. The fraction of sp³-hybridized carbons (Fsp3) is 0.0769. The van der Waals surface area contributed by atoms with E-state index in [0.717, 1.165) is 12.3 Å². The van der Waals surface area contributed by atoms with Crippen molar-refractivity contribution in [2.45, 2.75) is 4.90 Å². The van der Waals surface area contributed by atoms with Crippen LogP contribution in [0.2, 0.25) is 5.02 Å². The highest BCUT2D eigenvalue weighted by molar-refractivity contribution is 7.90. The molecule has 2 rings (SSSR count). The molecule has 0 fully saturated rings. The molecule has 0 saturated carbocycles. The van der Waals surface area contributed by atoms with E-state index in [0.29, 0.717) is 11.1 Å². The highest BCUT2D eigenvalue weighted by atomic mass is 35.5. The molecule has 0 amide bonds. The largest absolute Gasteiger partial charge is 0.508 e. The molecule has 0 aromatic heterocycles. The van der Waals surface area contributed by atoms with Gasteiger partial charge in [0, 0.05) is 6.26 Å². The second kappa shape index (κ2) is 4.83. The van der Waals surface area contributed by atoms with Gasteiger partial charge >= 0.3 is 0 Å². The van der Waals surface area contributed by atoms with E-state index < -0.39 is 15.7 Å². The molecule has 0 saturated heterocycles. The van der Waals surface area contributed by atoms with Crippen molar-refractivity contribution < 1.29 is 17.9 Å². The summed E-state index contributed by atoms with van der Waals surface area (Å²) in [5.74, 6) is -0.743. The van der Waals surface area contributed by atoms with Gasteiger partial charge in [-0.25, -0.2) is 12.8 Å². The van der Waals surface area contributed by atoms with E-state index in [9.17, 15) is 17.9 Å². The van der Waals surface area contributed by atoms with Crippen molar-refractivity contribution in [2.24, 2.45) is 0 Å². The summed E-state index contributed by atoms with van der Waals surface area (Å²) in [7, 11) is -3.44. The first-order valence-corrected chi connectivity index (χ1v) is 7.54. The molecule has 19 heavy (non-hydrogen) atoms. The number of hydrogen-bond donors (Lipinski definition) is 1. The first-order valence-electron chi connectivity index (χ1n) is 5.27. The Bertz CT molecular complexity index is 742. The van der Waals surface area contributed by atoms with Crippen molar-refractivity contribution in [3.8, 4) is 16.9 Å². The molecule has 6 heteroatoms. The first-order chi connectivity index (χ1) is 8.77. The van der Waals surface area contributed by atoms with Crippen LogP contribution in [0.3, 0.4) is 0 Å². The average Bonchev–Trinajstić information content (AvgIpc) is 2.31. The van der Waals surface area contributed by atoms with Gasteiger partial charge in [-0.2, -0.15) is 0 Å². The standard InChI is InChI=1S/C13H10ClFO3S/c1-19(17,18)11-5-9(4-10(16)7-11)8-2-3-13(15)12(14)6-8/h2-7,16H,1H3. The molecule has 0 aliphatic heterocycles. The number of phenols is 1. The Morgan fingerprint density at radius 3 is 2.37 bits per heavy atom. The van der Waals surface area contributed by atoms with Crippen LogP contribution in [0.15, 0.2) is 41.3 Å². The molecule has 0 unspecified atom stereocenters. The van der Waals surface area contributed by atoms with Gasteiger partial charge in [-0.1, -0.05) is 17.7 Å². The lowest BCUT2D eigenvalue weighted by atomic mass is 10.1. The van der Waals surface area contributed by atoms with Gasteiger partial charge in [-0.05, 0) is 41.5 Å². The molecule has 0 heterocycles. The summed E-state index contributed by atoms with van der Waals surface area (Å²) in [4.78, 5) is -0.0112. The predicted octanol–water partition coefficient (Wildman–Crippen LogP) is 3.26. The van der Waals surface area contributed by atoms with Gasteiger partial charge in [-0.3, -0.25) is 0 Å². The van der Waals surface area contributed by atoms with Crippen molar-refractivity contribution in [3.63, 3.8) is 0 Å². The third-order valence-electron chi connectivity index (χ3n) is 2.57. The van der Waals surface area contributed by atoms with Crippen LogP contribution in [0.1, 0.15) is 0 Å². The van der Waals surface area contributed by atoms with Crippen LogP contribution in [0.5, 0.6) is 5.75 Å². The molecule has 0 aliphatic carbocycles. The van der Waals surface area contributed by atoms with Crippen molar-refractivity contribution in [3.05, 3.63) is 47.2 Å². The van der Waals surface area contributed by atoms with E-state index >= 15 is 0 Å². The highest BCUT2D eigenvalue weighted by Gasteiger charge is 2.12. The number of hydrogen-bond acceptors (Lipinski definition) is 3. The molecule has 2 aromatic rings. The second-order valence-corrected chi connectivity index (χ2v) is 6.54. The maximum absolute atomic E-state index is 13.1. The predicted molar refractivity (Wildman–Crippen MR) is 71.6 cm³/mol. The third-order valence-corrected chi connectivity index (χ3v) is 3.95. The SMILES string of the molecule is CS(=O)(=O)c1cc(O)cc(-c2ccc(F)c(Cl)c2)c1. The van der Waals surface area contributed by atoms with E-state index in [2.05, 4.69) is 0 Å². The minimum atomic E-state index is -3.44. The quantitative estimate of drug-likeness (QED) is 0.926. The molecule has 0 spiro atoms. The zero-order chi connectivity index (χ0) is 14.2. The van der Waals surface area contributed by atoms with Gasteiger partial charge in [0.2, 0.25) is 0 Å². The van der Waals surface area contributed by atoms with Crippen LogP contribution in [-0.4, -0.2) is 19.8 Å². The first kappa shape index (κ1) is 13.8. The summed E-state index contributed by atoms with van der Waals surface area (Å²) in [6, 6.07) is 7.96. The van der Waals surface area contributed by atoms with E-state index in [1.165, 1.54) is 30.3 Å². The van der Waals surface area contributed by atoms with Crippen molar-refractivity contribution in [1.29, 1.82) is 0 Å². The molecule has 3 nitrogen and oxygen atoms in total. The zero-order valence-electron chi connectivity index (χ0n) is 9.89. The molecule has 100 valence electrons. The lowest BCUT2D eigenvalue weighted by Crippen LogP contribution is -1.97. The topological polar surface area (TPSA) is 54.4 Å². The Labute approximate surface area is 115 Å². The minimum Gasteiger partial charge on any atom is -0.508 e. The van der Waals surface area contributed by atoms with E-state index in [1.54, 1.807) is 0 Å². The van der Waals surface area contributed by atoms with Crippen LogP contribution in [-0.2, 0) is 9.84 Å². The second-order valence-electron chi connectivity index (χ2n) is 4.12. The van der Waals surface area contributed by atoms with Crippen molar-refractivity contribution in [1.82, 2.24) is 0 Å². The molecule has 0 radical (unpaired) electrons. The fourth-order valence-electron chi connectivity index (χ4n) is 1.64. The summed E-state index contributed by atoms with van der Waals surface area (Å²) in [6.07, 6.45) is 1.04. The number of benzene rings is 2. The molecule has 0 bridgehead atoms. The fourth-order valence-corrected chi connectivity index (χ4v) is 2.50. The summed E-state index contributed by atoms with van der Waals surface area (Å²) in [5.41, 5.74) is 0.967. The normalized spacial score (nSPS) is 11.5. The summed E-state index contributed by atoms with van der Waals surface area (Å²) < 4.78 is 36.1. The zero-order valence-corrected chi connectivity index (χ0v) is 11.5. The minimum absolute atomic E-state index is 0.0112. The van der Waals surface area contributed by atoms with Gasteiger partial charge < -0.3 is 5.11 Å². The van der Waals surface area contributed by atoms with Crippen molar-refractivity contribution in [2.75, 3.05) is 6.26 Å². The van der Waals surface area contributed by atoms with Crippen LogP contribution >= 0.6 is 11.6 Å². The van der Waals surface area contributed by atoms with Crippen LogP contribution in [0.4, 0.5) is 4.39 Å². The average molecular weight is 301 g/mol. The number of sulfone groups is 1. The highest BCUT2D eigenvalue weighted by Crippen LogP contribution is 2.30. The maximum Gasteiger partial charge on any atom is 0.175 e. The van der Waals surface area contributed by atoms with Crippen LogP contribution in [0.25, 0.3) is 11.1 Å². The van der Waals surface area contributed by atoms with Gasteiger partial charge in [0.1, 0.15) is 11.6 Å². The number of aromatic hydroxyl groups is 1. The summed E-state index contributed by atoms with van der Waals surface area (Å²) in [6.45, 7) is 0. The Kier molecular flexibility index (Phi) is 3.52. The number of halogens is 2. The third kappa shape index (κ3) is 3.05. The molecule has 0 atom stereocenters.